The van der Waals surface area contributed by atoms with E-state index in [1.54, 1.807) is 0 Å². The highest BCUT2D eigenvalue weighted by molar-refractivity contribution is 5.31. The van der Waals surface area contributed by atoms with Gasteiger partial charge in [0.05, 0.1) is 0 Å². The molecule has 1 aliphatic carbocycles. The summed E-state index contributed by atoms with van der Waals surface area (Å²) in [5.41, 5.74) is 4.32. The molecule has 1 saturated heterocycles. The molecule has 3 rings (SSSR count). The molecule has 0 amide bonds. The average molecular weight is 202 g/mol. The van der Waals surface area contributed by atoms with Crippen LogP contribution in [-0.2, 0) is 12.8 Å². The monoisotopic (exact) mass is 202 g/mol. The summed E-state index contributed by atoms with van der Waals surface area (Å²) in [6, 6.07) is 2.41. The fourth-order valence-corrected chi connectivity index (χ4v) is 2.80. The highest BCUT2D eigenvalue weighted by Crippen LogP contribution is 2.27. The molecule has 2 heterocycles. The minimum absolute atomic E-state index is 0.706. The van der Waals surface area contributed by atoms with Crippen molar-refractivity contribution in [1.82, 2.24) is 10.3 Å². The number of hydrogen-bond acceptors (Lipinski definition) is 2. The van der Waals surface area contributed by atoms with Gasteiger partial charge in [-0.05, 0) is 55.7 Å². The molecule has 0 saturated carbocycles. The lowest BCUT2D eigenvalue weighted by Crippen LogP contribution is -2.28. The standard InChI is InChI=1S/C13H18N2/c1-3-10-7-12(9-15-13(10)5-1)11-4-2-6-14-8-11/h7,9,11,14H,1-6,8H2. The lowest BCUT2D eigenvalue weighted by molar-refractivity contribution is 0.460. The Morgan fingerprint density at radius 2 is 2.27 bits per heavy atom. The Labute approximate surface area is 91.1 Å². The number of pyridine rings is 1. The van der Waals surface area contributed by atoms with E-state index in [1.807, 2.05) is 0 Å². The minimum Gasteiger partial charge on any atom is -0.316 e. The van der Waals surface area contributed by atoms with Gasteiger partial charge in [-0.3, -0.25) is 4.98 Å². The van der Waals surface area contributed by atoms with Crippen molar-refractivity contribution >= 4 is 0 Å². The first-order valence-electron chi connectivity index (χ1n) is 6.12. The molecule has 0 radical (unpaired) electrons. The molecule has 0 spiro atoms. The summed E-state index contributed by atoms with van der Waals surface area (Å²) in [5, 5.41) is 3.47. The smallest absolute Gasteiger partial charge is 0.0435 e. The molecule has 1 atom stereocenters. The summed E-state index contributed by atoms with van der Waals surface area (Å²) in [6.07, 6.45) is 8.49. The Hall–Kier alpha value is -0.890. The zero-order valence-corrected chi connectivity index (χ0v) is 9.13. The molecule has 1 aromatic heterocycles. The van der Waals surface area contributed by atoms with Gasteiger partial charge < -0.3 is 5.32 Å². The van der Waals surface area contributed by atoms with E-state index in [-0.39, 0.29) is 0 Å². The molecule has 2 aliphatic rings. The third-order valence-corrected chi connectivity index (χ3v) is 3.71. The first-order valence-corrected chi connectivity index (χ1v) is 6.12. The van der Waals surface area contributed by atoms with Crippen molar-refractivity contribution in [3.05, 3.63) is 29.1 Å². The van der Waals surface area contributed by atoms with Crippen LogP contribution in [0.1, 0.15) is 42.0 Å². The van der Waals surface area contributed by atoms with Crippen molar-refractivity contribution in [3.63, 3.8) is 0 Å². The zero-order chi connectivity index (χ0) is 10.1. The Bertz CT molecular complexity index is 354. The molecule has 0 aromatic carbocycles. The fraction of sp³-hybridized carbons (Fsp3) is 0.615. The maximum atomic E-state index is 4.61. The zero-order valence-electron chi connectivity index (χ0n) is 9.13. The molecule has 1 fully saturated rings. The number of nitrogens with zero attached hydrogens (tertiary/aromatic N) is 1. The highest BCUT2D eigenvalue weighted by Gasteiger charge is 2.18. The molecule has 80 valence electrons. The second-order valence-electron chi connectivity index (χ2n) is 4.77. The van der Waals surface area contributed by atoms with Crippen molar-refractivity contribution in [2.75, 3.05) is 13.1 Å². The van der Waals surface area contributed by atoms with Crippen LogP contribution in [0.15, 0.2) is 12.3 Å². The second kappa shape index (κ2) is 3.93. The summed E-state index contributed by atoms with van der Waals surface area (Å²) >= 11 is 0. The predicted molar refractivity (Wildman–Crippen MR) is 61.1 cm³/mol. The van der Waals surface area contributed by atoms with Gasteiger partial charge in [-0.15, -0.1) is 0 Å². The van der Waals surface area contributed by atoms with Crippen molar-refractivity contribution in [2.45, 2.75) is 38.0 Å². The molecule has 1 N–H and O–H groups in total. The Morgan fingerprint density at radius 3 is 3.13 bits per heavy atom. The number of rotatable bonds is 1. The van der Waals surface area contributed by atoms with Crippen LogP contribution in [0.25, 0.3) is 0 Å². The van der Waals surface area contributed by atoms with Crippen molar-refractivity contribution < 1.29 is 0 Å². The van der Waals surface area contributed by atoms with Crippen LogP contribution >= 0.6 is 0 Å². The van der Waals surface area contributed by atoms with E-state index in [9.17, 15) is 0 Å². The third kappa shape index (κ3) is 1.78. The van der Waals surface area contributed by atoms with Gasteiger partial charge in [0.1, 0.15) is 0 Å². The highest BCUT2D eigenvalue weighted by atomic mass is 14.9. The van der Waals surface area contributed by atoms with E-state index in [0.717, 1.165) is 6.54 Å². The van der Waals surface area contributed by atoms with Gasteiger partial charge in [0.15, 0.2) is 0 Å². The molecular weight excluding hydrogens is 184 g/mol. The largest absolute Gasteiger partial charge is 0.316 e. The maximum Gasteiger partial charge on any atom is 0.0435 e. The lowest BCUT2D eigenvalue weighted by atomic mass is 9.92. The van der Waals surface area contributed by atoms with Crippen molar-refractivity contribution in [1.29, 1.82) is 0 Å². The SMILES string of the molecule is c1nc2c(cc1C1CCCNC1)CCC2. The first kappa shape index (κ1) is 9.34. The van der Waals surface area contributed by atoms with Crippen LogP contribution in [0, 0.1) is 0 Å². The topological polar surface area (TPSA) is 24.9 Å². The van der Waals surface area contributed by atoms with Gasteiger partial charge in [0, 0.05) is 18.4 Å². The van der Waals surface area contributed by atoms with Crippen LogP contribution < -0.4 is 5.32 Å². The number of piperidine rings is 1. The second-order valence-corrected chi connectivity index (χ2v) is 4.77. The van der Waals surface area contributed by atoms with Gasteiger partial charge in [0.2, 0.25) is 0 Å². The summed E-state index contributed by atoms with van der Waals surface area (Å²) in [6.45, 7) is 2.33. The van der Waals surface area contributed by atoms with Crippen LogP contribution in [0.4, 0.5) is 0 Å². The predicted octanol–water partition coefficient (Wildman–Crippen LogP) is 2.04. The molecular formula is C13H18N2. The third-order valence-electron chi connectivity index (χ3n) is 3.71. The van der Waals surface area contributed by atoms with Crippen LogP contribution in [0.2, 0.25) is 0 Å². The van der Waals surface area contributed by atoms with E-state index in [2.05, 4.69) is 22.6 Å². The first-order chi connectivity index (χ1) is 7.43. The Kier molecular flexibility index (Phi) is 2.45. The number of hydrogen-bond donors (Lipinski definition) is 1. The summed E-state index contributed by atoms with van der Waals surface area (Å²) in [4.78, 5) is 4.61. The molecule has 15 heavy (non-hydrogen) atoms. The van der Waals surface area contributed by atoms with Gasteiger partial charge in [-0.1, -0.05) is 6.07 Å². The Balaban J connectivity index is 1.85. The fourth-order valence-electron chi connectivity index (χ4n) is 2.80. The molecule has 1 aliphatic heterocycles. The number of fused-ring (bicyclic) bond motifs is 1. The normalized spacial score (nSPS) is 25.2. The molecule has 0 bridgehead atoms. The summed E-state index contributed by atoms with van der Waals surface area (Å²) in [7, 11) is 0. The van der Waals surface area contributed by atoms with Crippen LogP contribution in [-0.4, -0.2) is 18.1 Å². The number of nitrogens with one attached hydrogen (secondary N) is 1. The Morgan fingerprint density at radius 1 is 1.27 bits per heavy atom. The van der Waals surface area contributed by atoms with E-state index in [1.165, 1.54) is 55.5 Å². The minimum atomic E-state index is 0.706. The number of aromatic nitrogens is 1. The molecule has 1 aromatic rings. The average Bonchev–Trinajstić information content (AvgIpc) is 2.77. The lowest BCUT2D eigenvalue weighted by Gasteiger charge is -2.23. The van der Waals surface area contributed by atoms with Gasteiger partial charge in [0.25, 0.3) is 0 Å². The van der Waals surface area contributed by atoms with Crippen LogP contribution in [0.3, 0.4) is 0 Å². The van der Waals surface area contributed by atoms with E-state index in [0.29, 0.717) is 5.92 Å². The van der Waals surface area contributed by atoms with Gasteiger partial charge in [-0.2, -0.15) is 0 Å². The van der Waals surface area contributed by atoms with Crippen LogP contribution in [0.5, 0.6) is 0 Å². The van der Waals surface area contributed by atoms with E-state index in [4.69, 9.17) is 0 Å². The van der Waals surface area contributed by atoms with Gasteiger partial charge in [-0.25, -0.2) is 0 Å². The van der Waals surface area contributed by atoms with E-state index >= 15 is 0 Å². The molecule has 2 heteroatoms. The maximum absolute atomic E-state index is 4.61. The van der Waals surface area contributed by atoms with Crippen molar-refractivity contribution in [2.24, 2.45) is 0 Å². The number of aryl methyl sites for hydroxylation is 2. The van der Waals surface area contributed by atoms with E-state index < -0.39 is 0 Å². The quantitative estimate of drug-likeness (QED) is 0.753. The molecule has 2 nitrogen and oxygen atoms in total. The summed E-state index contributed by atoms with van der Waals surface area (Å²) < 4.78 is 0. The molecule has 1 unspecified atom stereocenters. The summed E-state index contributed by atoms with van der Waals surface area (Å²) in [5.74, 6) is 0.706. The van der Waals surface area contributed by atoms with Crippen molar-refractivity contribution in [3.8, 4) is 0 Å². The van der Waals surface area contributed by atoms with Gasteiger partial charge >= 0.3 is 0 Å².